The molecule has 0 aliphatic heterocycles. The van der Waals surface area contributed by atoms with E-state index in [1.54, 1.807) is 31.3 Å². The number of carbonyl (C=O) groups is 1. The number of hydrogen-bond acceptors (Lipinski definition) is 5. The van der Waals surface area contributed by atoms with Crippen molar-refractivity contribution in [1.29, 1.82) is 0 Å². The zero-order valence-electron chi connectivity index (χ0n) is 14.2. The van der Waals surface area contributed by atoms with E-state index >= 15 is 0 Å². The average Bonchev–Trinajstić information content (AvgIpc) is 3.16. The molecule has 1 aliphatic rings. The van der Waals surface area contributed by atoms with Crippen LogP contribution in [0.1, 0.15) is 53.5 Å². The zero-order chi connectivity index (χ0) is 17.3. The van der Waals surface area contributed by atoms with Crippen molar-refractivity contribution in [1.82, 2.24) is 15.6 Å². The van der Waals surface area contributed by atoms with Crippen molar-refractivity contribution in [2.24, 2.45) is 0 Å². The molecular weight excluding hydrogens is 326 g/mol. The highest BCUT2D eigenvalue weighted by Gasteiger charge is 2.28. The number of furan rings is 1. The van der Waals surface area contributed by atoms with Gasteiger partial charge in [0.05, 0.1) is 23.8 Å². The van der Waals surface area contributed by atoms with Gasteiger partial charge in [0.1, 0.15) is 17.1 Å². The van der Waals surface area contributed by atoms with Gasteiger partial charge in [-0.15, -0.1) is 11.3 Å². The molecule has 3 N–H and O–H groups in total. The quantitative estimate of drug-likeness (QED) is 0.748. The minimum Gasteiger partial charge on any atom is -0.466 e. The van der Waals surface area contributed by atoms with E-state index in [-0.39, 0.29) is 12.6 Å². The molecule has 1 atom stereocenters. The molecule has 0 unspecified atom stereocenters. The monoisotopic (exact) mass is 349 g/mol. The summed E-state index contributed by atoms with van der Waals surface area (Å²) < 4.78 is 5.44. The van der Waals surface area contributed by atoms with Gasteiger partial charge in [0.25, 0.3) is 0 Å². The second-order valence-corrected chi connectivity index (χ2v) is 7.48. The molecule has 0 saturated heterocycles. The Bertz CT molecular complexity index is 731. The summed E-state index contributed by atoms with van der Waals surface area (Å²) in [6, 6.07) is 1.47. The number of aryl methyl sites for hydroxylation is 2. The van der Waals surface area contributed by atoms with Crippen LogP contribution in [0.25, 0.3) is 0 Å². The minimum absolute atomic E-state index is 0.100. The van der Waals surface area contributed by atoms with Crippen molar-refractivity contribution in [2.75, 3.05) is 6.54 Å². The molecule has 0 radical (unpaired) electrons. The highest BCUT2D eigenvalue weighted by Crippen LogP contribution is 2.41. The lowest BCUT2D eigenvalue weighted by atomic mass is 9.96. The van der Waals surface area contributed by atoms with Crippen LogP contribution in [0.3, 0.4) is 0 Å². The smallest absolute Gasteiger partial charge is 0.315 e. The number of nitrogens with one attached hydrogen (secondary N) is 2. The van der Waals surface area contributed by atoms with Crippen LogP contribution in [-0.4, -0.2) is 22.7 Å². The van der Waals surface area contributed by atoms with Crippen LogP contribution in [0.15, 0.2) is 15.9 Å². The first-order valence-electron chi connectivity index (χ1n) is 8.11. The molecule has 130 valence electrons. The van der Waals surface area contributed by atoms with Crippen LogP contribution in [0.4, 0.5) is 4.79 Å². The van der Waals surface area contributed by atoms with E-state index in [9.17, 15) is 9.90 Å². The fourth-order valence-electron chi connectivity index (χ4n) is 2.67. The number of aliphatic hydroxyl groups is 1. The van der Waals surface area contributed by atoms with E-state index in [0.29, 0.717) is 23.8 Å². The summed E-state index contributed by atoms with van der Waals surface area (Å²) in [5.41, 5.74) is 0.387. The maximum Gasteiger partial charge on any atom is 0.315 e. The highest BCUT2D eigenvalue weighted by atomic mass is 32.1. The Balaban J connectivity index is 1.48. The van der Waals surface area contributed by atoms with E-state index in [2.05, 4.69) is 15.6 Å². The first kappa shape index (κ1) is 17.0. The number of amides is 2. The van der Waals surface area contributed by atoms with Crippen LogP contribution < -0.4 is 10.6 Å². The van der Waals surface area contributed by atoms with Crippen LogP contribution in [-0.2, 0) is 12.1 Å². The maximum atomic E-state index is 12.0. The Kier molecular flexibility index (Phi) is 4.64. The van der Waals surface area contributed by atoms with E-state index in [1.807, 2.05) is 12.3 Å². The van der Waals surface area contributed by atoms with Gasteiger partial charge in [0.2, 0.25) is 0 Å². The molecule has 1 aliphatic carbocycles. The van der Waals surface area contributed by atoms with Gasteiger partial charge in [0.15, 0.2) is 0 Å². The van der Waals surface area contributed by atoms with Crippen molar-refractivity contribution in [3.05, 3.63) is 39.2 Å². The van der Waals surface area contributed by atoms with Crippen LogP contribution in [0.2, 0.25) is 0 Å². The zero-order valence-corrected chi connectivity index (χ0v) is 15.0. The molecule has 7 heteroatoms. The van der Waals surface area contributed by atoms with Gasteiger partial charge in [-0.05, 0) is 39.7 Å². The van der Waals surface area contributed by atoms with Gasteiger partial charge in [-0.25, -0.2) is 9.78 Å². The lowest BCUT2D eigenvalue weighted by Gasteiger charge is -2.23. The second kappa shape index (κ2) is 6.57. The highest BCUT2D eigenvalue weighted by molar-refractivity contribution is 7.09. The van der Waals surface area contributed by atoms with E-state index < -0.39 is 5.60 Å². The molecule has 1 fully saturated rings. The summed E-state index contributed by atoms with van der Waals surface area (Å²) in [5, 5.41) is 19.2. The molecule has 1 saturated carbocycles. The fraction of sp³-hybridized carbons (Fsp3) is 0.529. The summed E-state index contributed by atoms with van der Waals surface area (Å²) in [6.45, 7) is 5.78. The predicted octanol–water partition coefficient (Wildman–Crippen LogP) is 2.94. The first-order valence-corrected chi connectivity index (χ1v) is 8.99. The summed E-state index contributed by atoms with van der Waals surface area (Å²) in [6.07, 6.45) is 2.45. The summed E-state index contributed by atoms with van der Waals surface area (Å²) in [7, 11) is 0. The normalized spacial score (nSPS) is 16.7. The lowest BCUT2D eigenvalue weighted by Crippen LogP contribution is -2.43. The molecule has 0 bridgehead atoms. The largest absolute Gasteiger partial charge is 0.466 e. The van der Waals surface area contributed by atoms with E-state index in [0.717, 1.165) is 11.5 Å². The number of rotatable bonds is 6. The molecule has 2 amide bonds. The minimum atomic E-state index is -1.18. The number of thiazole rings is 1. The second-order valence-electron chi connectivity index (χ2n) is 6.59. The van der Waals surface area contributed by atoms with E-state index in [4.69, 9.17) is 4.42 Å². The topological polar surface area (TPSA) is 87.4 Å². The molecule has 0 spiro atoms. The molecule has 0 aromatic carbocycles. The molecule has 2 aromatic rings. The Morgan fingerprint density at radius 1 is 1.46 bits per heavy atom. The van der Waals surface area contributed by atoms with Crippen molar-refractivity contribution >= 4 is 17.4 Å². The molecular formula is C17H23N3O3S. The number of aromatic nitrogens is 1. The lowest BCUT2D eigenvalue weighted by molar-refractivity contribution is 0.0579. The van der Waals surface area contributed by atoms with Gasteiger partial charge >= 0.3 is 6.03 Å². The van der Waals surface area contributed by atoms with Gasteiger partial charge in [-0.3, -0.25) is 0 Å². The van der Waals surface area contributed by atoms with Gasteiger partial charge in [0, 0.05) is 16.9 Å². The summed E-state index contributed by atoms with van der Waals surface area (Å²) in [4.78, 5) is 16.5. The number of urea groups is 1. The van der Waals surface area contributed by atoms with E-state index in [1.165, 1.54) is 17.8 Å². The van der Waals surface area contributed by atoms with Crippen LogP contribution in [0.5, 0.6) is 0 Å². The molecule has 24 heavy (non-hydrogen) atoms. The van der Waals surface area contributed by atoms with Crippen LogP contribution >= 0.6 is 11.3 Å². The van der Waals surface area contributed by atoms with Crippen molar-refractivity contribution < 1.29 is 14.3 Å². The van der Waals surface area contributed by atoms with Crippen molar-refractivity contribution in [2.45, 2.75) is 51.7 Å². The Morgan fingerprint density at radius 3 is 2.83 bits per heavy atom. The van der Waals surface area contributed by atoms with Crippen LogP contribution in [0, 0.1) is 13.8 Å². The van der Waals surface area contributed by atoms with Crippen molar-refractivity contribution in [3.8, 4) is 0 Å². The Morgan fingerprint density at radius 2 is 2.21 bits per heavy atom. The molecule has 2 heterocycles. The Hall–Kier alpha value is -1.86. The number of hydrogen-bond donors (Lipinski definition) is 3. The van der Waals surface area contributed by atoms with Gasteiger partial charge in [-0.2, -0.15) is 0 Å². The summed E-state index contributed by atoms with van der Waals surface area (Å²) in [5.74, 6) is 2.03. The third-order valence-electron chi connectivity index (χ3n) is 4.14. The fourth-order valence-corrected chi connectivity index (χ4v) is 3.66. The van der Waals surface area contributed by atoms with Crippen molar-refractivity contribution in [3.63, 3.8) is 0 Å². The predicted molar refractivity (Wildman–Crippen MR) is 92.1 cm³/mol. The maximum absolute atomic E-state index is 12.0. The first-order chi connectivity index (χ1) is 11.3. The number of nitrogens with zero attached hydrogens (tertiary/aromatic N) is 1. The SMILES string of the molecule is Cc1cc([C@@](C)(O)CNC(=O)NCc2csc(C3CC3)n2)c(C)o1. The van der Waals surface area contributed by atoms with Gasteiger partial charge < -0.3 is 20.2 Å². The van der Waals surface area contributed by atoms with Gasteiger partial charge in [-0.1, -0.05) is 0 Å². The third-order valence-corrected chi connectivity index (χ3v) is 5.20. The average molecular weight is 349 g/mol. The Labute approximate surface area is 145 Å². The molecule has 2 aromatic heterocycles. The summed E-state index contributed by atoms with van der Waals surface area (Å²) >= 11 is 1.66. The standard InChI is InChI=1S/C17H23N3O3S/c1-10-6-14(11(2)23-10)17(3,22)9-19-16(21)18-7-13-8-24-15(20-13)12-4-5-12/h6,8,12,22H,4-5,7,9H2,1-3H3,(H2,18,19,21)/t17-/m0/s1. The molecule has 3 rings (SSSR count). The number of carbonyl (C=O) groups excluding carboxylic acids is 1. The molecule has 6 nitrogen and oxygen atoms in total. The third kappa shape index (κ3) is 3.96.